The molecule has 0 aliphatic rings. The number of ketones is 2. The minimum Gasteiger partial charge on any atom is -0.322 e. The number of Topliss-reactive ketones (excluding diaryl/α,β-unsaturated/α-hetero) is 2. The van der Waals surface area contributed by atoms with Gasteiger partial charge >= 0.3 is 0 Å². The summed E-state index contributed by atoms with van der Waals surface area (Å²) in [4.78, 5) is 35.9. The van der Waals surface area contributed by atoms with E-state index in [0.29, 0.717) is 5.56 Å². The molecule has 3 aromatic carbocycles. The lowest BCUT2D eigenvalue weighted by Crippen LogP contribution is -2.20. The molecule has 0 heterocycles. The minimum absolute atomic E-state index is 0.143. The van der Waals surface area contributed by atoms with E-state index < -0.39 is 51.7 Å². The molecule has 3 rings (SSSR count). The standard InChI is InChI=1S/C26H21F4N3O3/c1-13(34)14-5-7-15(8-6-14)25(36)31-17-11-20(29)23(21(30)12-17)33-32-22-18(27)9-16(10-19(22)28)24(35)26(2,3)4/h5-12H,1-4H3,(H,31,36). The lowest BCUT2D eigenvalue weighted by atomic mass is 9.86. The smallest absolute Gasteiger partial charge is 0.255 e. The molecule has 36 heavy (non-hydrogen) atoms. The van der Waals surface area contributed by atoms with Crippen LogP contribution in [-0.2, 0) is 0 Å². The van der Waals surface area contributed by atoms with E-state index >= 15 is 0 Å². The van der Waals surface area contributed by atoms with Crippen LogP contribution in [0.2, 0.25) is 0 Å². The molecular weight excluding hydrogens is 478 g/mol. The van der Waals surface area contributed by atoms with Crippen LogP contribution in [0.4, 0.5) is 34.6 Å². The number of nitrogens with zero attached hydrogens (tertiary/aromatic N) is 2. The summed E-state index contributed by atoms with van der Waals surface area (Å²) in [6.45, 7) is 6.12. The molecule has 0 fully saturated rings. The molecule has 1 amide bonds. The number of hydrogen-bond acceptors (Lipinski definition) is 5. The van der Waals surface area contributed by atoms with E-state index in [-0.39, 0.29) is 22.6 Å². The Labute approximate surface area is 204 Å². The Morgan fingerprint density at radius 2 is 1.11 bits per heavy atom. The number of carbonyl (C=O) groups is 3. The molecule has 0 unspecified atom stereocenters. The highest BCUT2D eigenvalue weighted by Gasteiger charge is 2.25. The van der Waals surface area contributed by atoms with Gasteiger partial charge in [-0.3, -0.25) is 14.4 Å². The highest BCUT2D eigenvalue weighted by atomic mass is 19.1. The predicted octanol–water partition coefficient (Wildman–Crippen LogP) is 7.34. The monoisotopic (exact) mass is 499 g/mol. The molecule has 0 bridgehead atoms. The lowest BCUT2D eigenvalue weighted by molar-refractivity contribution is 0.0857. The molecule has 0 atom stereocenters. The maximum Gasteiger partial charge on any atom is 0.255 e. The number of carbonyl (C=O) groups excluding carboxylic acids is 3. The Morgan fingerprint density at radius 1 is 0.694 bits per heavy atom. The van der Waals surface area contributed by atoms with E-state index in [1.165, 1.54) is 31.2 Å². The first kappa shape index (κ1) is 26.4. The quantitative estimate of drug-likeness (QED) is 0.219. The molecule has 0 aromatic heterocycles. The van der Waals surface area contributed by atoms with Gasteiger partial charge in [-0.1, -0.05) is 32.9 Å². The largest absolute Gasteiger partial charge is 0.322 e. The maximum atomic E-state index is 14.5. The van der Waals surface area contributed by atoms with Gasteiger partial charge in [-0.05, 0) is 43.3 Å². The second kappa shape index (κ2) is 10.2. The molecule has 0 saturated heterocycles. The second-order valence-corrected chi connectivity index (χ2v) is 8.94. The van der Waals surface area contributed by atoms with Crippen molar-refractivity contribution < 1.29 is 31.9 Å². The van der Waals surface area contributed by atoms with E-state index in [1.54, 1.807) is 20.8 Å². The third-order valence-corrected chi connectivity index (χ3v) is 5.04. The fourth-order valence-electron chi connectivity index (χ4n) is 3.12. The number of benzene rings is 3. The van der Waals surface area contributed by atoms with E-state index in [2.05, 4.69) is 15.5 Å². The molecule has 1 N–H and O–H groups in total. The van der Waals surface area contributed by atoms with Gasteiger partial charge in [0.1, 0.15) is 0 Å². The zero-order valence-corrected chi connectivity index (χ0v) is 19.7. The van der Waals surface area contributed by atoms with Crippen molar-refractivity contribution >= 4 is 34.5 Å². The topological polar surface area (TPSA) is 88.0 Å². The number of azo groups is 1. The van der Waals surface area contributed by atoms with Crippen molar-refractivity contribution in [2.45, 2.75) is 27.7 Å². The van der Waals surface area contributed by atoms with Gasteiger partial charge in [0, 0.05) is 27.8 Å². The Kier molecular flexibility index (Phi) is 7.47. The van der Waals surface area contributed by atoms with Crippen molar-refractivity contribution in [2.75, 3.05) is 5.32 Å². The van der Waals surface area contributed by atoms with Crippen molar-refractivity contribution in [1.29, 1.82) is 0 Å². The third-order valence-electron chi connectivity index (χ3n) is 5.04. The Balaban J connectivity index is 1.83. The zero-order chi connectivity index (χ0) is 26.8. The van der Waals surface area contributed by atoms with E-state index in [1.807, 2.05) is 0 Å². The Hall–Kier alpha value is -4.21. The second-order valence-electron chi connectivity index (χ2n) is 8.94. The van der Waals surface area contributed by atoms with E-state index in [9.17, 15) is 31.9 Å². The first-order chi connectivity index (χ1) is 16.8. The fourth-order valence-corrected chi connectivity index (χ4v) is 3.12. The summed E-state index contributed by atoms with van der Waals surface area (Å²) >= 11 is 0. The fraction of sp³-hybridized carbons (Fsp3) is 0.192. The van der Waals surface area contributed by atoms with Crippen molar-refractivity contribution in [3.05, 3.63) is 88.5 Å². The number of amides is 1. The minimum atomic E-state index is -1.25. The van der Waals surface area contributed by atoms with Crippen LogP contribution < -0.4 is 5.32 Å². The normalized spacial score (nSPS) is 11.6. The van der Waals surface area contributed by atoms with Crippen molar-refractivity contribution in [3.63, 3.8) is 0 Å². The summed E-state index contributed by atoms with van der Waals surface area (Å²) in [7, 11) is 0. The van der Waals surface area contributed by atoms with Gasteiger partial charge in [0.25, 0.3) is 5.91 Å². The average Bonchev–Trinajstić information content (AvgIpc) is 2.78. The summed E-state index contributed by atoms with van der Waals surface area (Å²) in [5.41, 5.74) is -2.68. The van der Waals surface area contributed by atoms with Crippen LogP contribution in [0.15, 0.2) is 58.8 Å². The number of hydrogen-bond donors (Lipinski definition) is 1. The highest BCUT2D eigenvalue weighted by Crippen LogP contribution is 2.32. The Bertz CT molecular complexity index is 1350. The highest BCUT2D eigenvalue weighted by molar-refractivity contribution is 6.05. The maximum absolute atomic E-state index is 14.5. The van der Waals surface area contributed by atoms with Crippen molar-refractivity contribution in [2.24, 2.45) is 15.6 Å². The molecule has 3 aromatic rings. The molecule has 0 aliphatic carbocycles. The zero-order valence-electron chi connectivity index (χ0n) is 19.7. The van der Waals surface area contributed by atoms with Crippen LogP contribution in [0.25, 0.3) is 0 Å². The number of anilines is 1. The van der Waals surface area contributed by atoms with Crippen molar-refractivity contribution in [1.82, 2.24) is 0 Å². The van der Waals surface area contributed by atoms with Gasteiger partial charge in [-0.25, -0.2) is 17.6 Å². The van der Waals surface area contributed by atoms with Gasteiger partial charge < -0.3 is 5.32 Å². The van der Waals surface area contributed by atoms with E-state index in [4.69, 9.17) is 0 Å². The molecule has 6 nitrogen and oxygen atoms in total. The summed E-state index contributed by atoms with van der Waals surface area (Å²) in [5.74, 6) is -6.34. The number of rotatable bonds is 6. The third kappa shape index (κ3) is 5.88. The lowest BCUT2D eigenvalue weighted by Gasteiger charge is -2.16. The van der Waals surface area contributed by atoms with Gasteiger partial charge in [-0.2, -0.15) is 0 Å². The van der Waals surface area contributed by atoms with Gasteiger partial charge in [0.15, 0.2) is 46.2 Å². The van der Waals surface area contributed by atoms with Gasteiger partial charge in [0.05, 0.1) is 0 Å². The van der Waals surface area contributed by atoms with Crippen LogP contribution >= 0.6 is 0 Å². The van der Waals surface area contributed by atoms with Gasteiger partial charge in [0.2, 0.25) is 0 Å². The SMILES string of the molecule is CC(=O)c1ccc(C(=O)Nc2cc(F)c(N=Nc3c(F)cc(C(=O)C(C)(C)C)cc3F)c(F)c2)cc1. The van der Waals surface area contributed by atoms with Crippen LogP contribution in [0.1, 0.15) is 58.8 Å². The van der Waals surface area contributed by atoms with Crippen LogP contribution in [0.3, 0.4) is 0 Å². The molecule has 10 heteroatoms. The molecule has 0 radical (unpaired) electrons. The number of nitrogens with one attached hydrogen (secondary N) is 1. The molecular formula is C26H21F4N3O3. The molecule has 0 aliphatic heterocycles. The van der Waals surface area contributed by atoms with Crippen molar-refractivity contribution in [3.8, 4) is 0 Å². The Morgan fingerprint density at radius 3 is 1.53 bits per heavy atom. The van der Waals surface area contributed by atoms with Crippen LogP contribution in [-0.4, -0.2) is 17.5 Å². The van der Waals surface area contributed by atoms with Gasteiger partial charge in [-0.15, -0.1) is 10.2 Å². The molecule has 186 valence electrons. The molecule has 0 spiro atoms. The van der Waals surface area contributed by atoms with Crippen LogP contribution in [0, 0.1) is 28.7 Å². The molecule has 0 saturated carbocycles. The first-order valence-electron chi connectivity index (χ1n) is 10.6. The summed E-state index contributed by atoms with van der Waals surface area (Å²) < 4.78 is 57.8. The average molecular weight is 499 g/mol. The summed E-state index contributed by atoms with van der Waals surface area (Å²) in [6.07, 6.45) is 0. The summed E-state index contributed by atoms with van der Waals surface area (Å²) in [5, 5.41) is 8.89. The predicted molar refractivity (Wildman–Crippen MR) is 125 cm³/mol. The van der Waals surface area contributed by atoms with E-state index in [0.717, 1.165) is 24.3 Å². The number of halogens is 4. The summed E-state index contributed by atoms with van der Waals surface area (Å²) in [6, 6.07) is 8.71. The first-order valence-corrected chi connectivity index (χ1v) is 10.6. The van der Waals surface area contributed by atoms with Crippen LogP contribution in [0.5, 0.6) is 0 Å².